The number of aromatic nitrogens is 2. The van der Waals surface area contributed by atoms with E-state index in [1.54, 1.807) is 0 Å². The molecule has 2 heterocycles. The molecule has 18 heavy (non-hydrogen) atoms. The summed E-state index contributed by atoms with van der Waals surface area (Å²) in [6, 6.07) is 2.12. The van der Waals surface area contributed by atoms with E-state index in [4.69, 9.17) is 4.74 Å². The van der Waals surface area contributed by atoms with Gasteiger partial charge in [-0.25, -0.2) is 0 Å². The summed E-state index contributed by atoms with van der Waals surface area (Å²) in [7, 11) is 0. The van der Waals surface area contributed by atoms with Crippen LogP contribution >= 0.6 is 0 Å². The van der Waals surface area contributed by atoms with Gasteiger partial charge < -0.3 is 9.84 Å². The number of rotatable bonds is 5. The fraction of sp³-hybridized carbons (Fsp3) is 0.786. The highest BCUT2D eigenvalue weighted by Crippen LogP contribution is 2.29. The third-order valence-electron chi connectivity index (χ3n) is 3.92. The van der Waals surface area contributed by atoms with Gasteiger partial charge in [0, 0.05) is 31.2 Å². The Hall–Kier alpha value is -0.870. The first-order valence-corrected chi connectivity index (χ1v) is 6.92. The molecule has 102 valence electrons. The molecule has 0 spiro atoms. The van der Waals surface area contributed by atoms with Gasteiger partial charge in [-0.3, -0.25) is 4.68 Å². The van der Waals surface area contributed by atoms with Crippen molar-refractivity contribution in [3.8, 4) is 0 Å². The third kappa shape index (κ3) is 2.75. The Morgan fingerprint density at radius 2 is 2.33 bits per heavy atom. The van der Waals surface area contributed by atoms with Gasteiger partial charge in [0.15, 0.2) is 0 Å². The summed E-state index contributed by atoms with van der Waals surface area (Å²) in [5.41, 5.74) is 1.53. The van der Waals surface area contributed by atoms with Crippen molar-refractivity contribution in [1.29, 1.82) is 0 Å². The van der Waals surface area contributed by atoms with E-state index in [-0.39, 0.29) is 5.92 Å². The van der Waals surface area contributed by atoms with Crippen molar-refractivity contribution in [3.63, 3.8) is 0 Å². The van der Waals surface area contributed by atoms with Gasteiger partial charge in [0.1, 0.15) is 0 Å². The summed E-state index contributed by atoms with van der Waals surface area (Å²) in [6.45, 7) is 8.41. The molecular weight excluding hydrogens is 228 g/mol. The number of aliphatic hydroxyl groups is 1. The third-order valence-corrected chi connectivity index (χ3v) is 3.92. The van der Waals surface area contributed by atoms with Crippen LogP contribution in [-0.2, 0) is 24.1 Å². The minimum absolute atomic E-state index is 0.239. The lowest BCUT2D eigenvalue weighted by Crippen LogP contribution is -2.38. The first-order chi connectivity index (χ1) is 8.56. The van der Waals surface area contributed by atoms with Crippen molar-refractivity contribution in [1.82, 2.24) is 9.78 Å². The van der Waals surface area contributed by atoms with Crippen LogP contribution in [0.1, 0.15) is 38.6 Å². The summed E-state index contributed by atoms with van der Waals surface area (Å²) < 4.78 is 7.38. The summed E-state index contributed by atoms with van der Waals surface area (Å²) in [5.74, 6) is 0.239. The molecule has 1 aliphatic heterocycles. The lowest BCUT2D eigenvalue weighted by Gasteiger charge is -2.29. The van der Waals surface area contributed by atoms with Crippen molar-refractivity contribution in [2.24, 2.45) is 5.92 Å². The molecule has 0 amide bonds. The number of nitrogens with zero attached hydrogens (tertiary/aromatic N) is 2. The van der Waals surface area contributed by atoms with Crippen molar-refractivity contribution < 1.29 is 9.84 Å². The van der Waals surface area contributed by atoms with E-state index in [0.717, 1.165) is 37.4 Å². The molecule has 4 nitrogen and oxygen atoms in total. The van der Waals surface area contributed by atoms with Crippen LogP contribution in [0.3, 0.4) is 0 Å². The molecule has 0 aromatic carbocycles. The van der Waals surface area contributed by atoms with Gasteiger partial charge in [0.25, 0.3) is 0 Å². The van der Waals surface area contributed by atoms with E-state index in [2.05, 4.69) is 25.0 Å². The van der Waals surface area contributed by atoms with Gasteiger partial charge in [-0.05, 0) is 32.8 Å². The lowest BCUT2D eigenvalue weighted by molar-refractivity contribution is -0.00610. The summed E-state index contributed by atoms with van der Waals surface area (Å²) in [4.78, 5) is 0. The maximum Gasteiger partial charge on any atom is 0.0725 e. The number of aryl methyl sites for hydroxylation is 2. The topological polar surface area (TPSA) is 47.3 Å². The number of ether oxygens (including phenoxy) is 1. The second-order valence-corrected chi connectivity index (χ2v) is 5.39. The van der Waals surface area contributed by atoms with Crippen molar-refractivity contribution >= 4 is 0 Å². The van der Waals surface area contributed by atoms with E-state index < -0.39 is 5.60 Å². The van der Waals surface area contributed by atoms with Crippen LogP contribution in [0.15, 0.2) is 6.07 Å². The predicted molar refractivity (Wildman–Crippen MR) is 70.5 cm³/mol. The summed E-state index contributed by atoms with van der Waals surface area (Å²) in [6.07, 6.45) is 2.55. The van der Waals surface area contributed by atoms with Crippen molar-refractivity contribution in [3.05, 3.63) is 17.5 Å². The zero-order valence-corrected chi connectivity index (χ0v) is 11.6. The minimum atomic E-state index is -0.700. The van der Waals surface area contributed by atoms with E-state index >= 15 is 0 Å². The van der Waals surface area contributed by atoms with Crippen LogP contribution < -0.4 is 0 Å². The Kier molecular flexibility index (Phi) is 4.07. The summed E-state index contributed by atoms with van der Waals surface area (Å²) in [5, 5.41) is 15.2. The monoisotopic (exact) mass is 252 g/mol. The molecule has 0 saturated carbocycles. The Morgan fingerprint density at radius 1 is 1.56 bits per heavy atom. The maximum absolute atomic E-state index is 10.6. The van der Waals surface area contributed by atoms with E-state index in [9.17, 15) is 5.11 Å². The van der Waals surface area contributed by atoms with Gasteiger partial charge in [-0.15, -0.1) is 0 Å². The zero-order valence-electron chi connectivity index (χ0n) is 11.6. The Labute approximate surface area is 109 Å². The van der Waals surface area contributed by atoms with Crippen molar-refractivity contribution in [2.75, 3.05) is 13.2 Å². The average Bonchev–Trinajstić information content (AvgIpc) is 2.97. The number of hydrogen-bond donors (Lipinski definition) is 1. The molecule has 2 unspecified atom stereocenters. The van der Waals surface area contributed by atoms with Crippen LogP contribution in [0.2, 0.25) is 0 Å². The lowest BCUT2D eigenvalue weighted by atomic mass is 9.84. The molecule has 1 aliphatic rings. The number of hydrogen-bond acceptors (Lipinski definition) is 3. The molecule has 0 aliphatic carbocycles. The Morgan fingerprint density at radius 3 is 2.89 bits per heavy atom. The Balaban J connectivity index is 2.13. The molecule has 1 aromatic rings. The van der Waals surface area contributed by atoms with E-state index in [1.807, 2.05) is 11.6 Å². The largest absolute Gasteiger partial charge is 0.389 e. The fourth-order valence-electron chi connectivity index (χ4n) is 2.64. The molecular formula is C14H24N2O2. The molecule has 1 N–H and O–H groups in total. The van der Waals surface area contributed by atoms with Gasteiger partial charge in [0.05, 0.1) is 17.9 Å². The molecule has 2 atom stereocenters. The predicted octanol–water partition coefficient (Wildman–Crippen LogP) is 1.80. The molecule has 1 aromatic heterocycles. The first-order valence-electron chi connectivity index (χ1n) is 6.92. The SMILES string of the molecule is CCc1cc(CC(C)(O)C2CCOC2)n(CC)n1. The molecule has 1 fully saturated rings. The standard InChI is InChI=1S/C14H24N2O2/c1-4-12-8-13(16(5-2)15-12)9-14(3,17)11-6-7-18-10-11/h8,11,17H,4-7,9-10H2,1-3H3. The zero-order chi connectivity index (χ0) is 13.2. The molecule has 4 heteroatoms. The first kappa shape index (κ1) is 13.6. The van der Waals surface area contributed by atoms with E-state index in [1.165, 1.54) is 0 Å². The van der Waals surface area contributed by atoms with Crippen LogP contribution in [0.4, 0.5) is 0 Å². The molecule has 1 saturated heterocycles. The fourth-order valence-corrected chi connectivity index (χ4v) is 2.64. The highest BCUT2D eigenvalue weighted by atomic mass is 16.5. The van der Waals surface area contributed by atoms with Gasteiger partial charge in [0.2, 0.25) is 0 Å². The molecule has 0 bridgehead atoms. The van der Waals surface area contributed by atoms with Gasteiger partial charge in [-0.1, -0.05) is 6.92 Å². The van der Waals surface area contributed by atoms with Crippen LogP contribution in [-0.4, -0.2) is 33.7 Å². The van der Waals surface area contributed by atoms with Crippen LogP contribution in [0.25, 0.3) is 0 Å². The quantitative estimate of drug-likeness (QED) is 0.869. The minimum Gasteiger partial charge on any atom is -0.389 e. The second-order valence-electron chi connectivity index (χ2n) is 5.39. The molecule has 2 rings (SSSR count). The van der Waals surface area contributed by atoms with Gasteiger partial charge >= 0.3 is 0 Å². The van der Waals surface area contributed by atoms with Gasteiger partial charge in [-0.2, -0.15) is 5.10 Å². The van der Waals surface area contributed by atoms with Crippen LogP contribution in [0.5, 0.6) is 0 Å². The summed E-state index contributed by atoms with van der Waals surface area (Å²) >= 11 is 0. The van der Waals surface area contributed by atoms with Crippen molar-refractivity contribution in [2.45, 2.75) is 52.2 Å². The van der Waals surface area contributed by atoms with E-state index in [0.29, 0.717) is 13.0 Å². The highest BCUT2D eigenvalue weighted by Gasteiger charge is 2.35. The average molecular weight is 252 g/mol. The smallest absolute Gasteiger partial charge is 0.0725 e. The second kappa shape index (κ2) is 5.41. The highest BCUT2D eigenvalue weighted by molar-refractivity contribution is 5.13. The molecule has 0 radical (unpaired) electrons. The maximum atomic E-state index is 10.6. The normalized spacial score (nSPS) is 23.2. The Bertz CT molecular complexity index is 392. The van der Waals surface area contributed by atoms with Crippen LogP contribution in [0, 0.1) is 5.92 Å².